The van der Waals surface area contributed by atoms with Crippen molar-refractivity contribution in [1.29, 1.82) is 0 Å². The van der Waals surface area contributed by atoms with Gasteiger partial charge in [0.2, 0.25) is 0 Å². The largest absolute Gasteiger partial charge is 0.306 e. The molecule has 0 spiro atoms. The SMILES string of the molecule is CCCNC(c1cccc(C)c1Cl)c1sc(C)cc1C. The van der Waals surface area contributed by atoms with Crippen molar-refractivity contribution in [3.05, 3.63) is 55.7 Å². The summed E-state index contributed by atoms with van der Waals surface area (Å²) in [5, 5.41) is 4.53. The molecule has 3 heteroatoms. The van der Waals surface area contributed by atoms with Crippen molar-refractivity contribution in [2.45, 2.75) is 40.2 Å². The Morgan fingerprint density at radius 3 is 2.55 bits per heavy atom. The third-order valence-corrected chi connectivity index (χ3v) is 5.21. The van der Waals surface area contributed by atoms with Crippen LogP contribution in [0.2, 0.25) is 5.02 Å². The van der Waals surface area contributed by atoms with Crippen molar-refractivity contribution < 1.29 is 0 Å². The molecule has 108 valence electrons. The maximum absolute atomic E-state index is 6.54. The first kappa shape index (κ1) is 15.6. The van der Waals surface area contributed by atoms with E-state index in [1.54, 1.807) is 0 Å². The first-order chi connectivity index (χ1) is 9.54. The highest BCUT2D eigenvalue weighted by Crippen LogP contribution is 2.36. The van der Waals surface area contributed by atoms with E-state index in [1.165, 1.54) is 20.9 Å². The zero-order valence-corrected chi connectivity index (χ0v) is 14.2. The predicted molar refractivity (Wildman–Crippen MR) is 90.1 cm³/mol. The molecule has 0 radical (unpaired) electrons. The zero-order valence-electron chi connectivity index (χ0n) is 12.6. The highest BCUT2D eigenvalue weighted by molar-refractivity contribution is 7.12. The standard InChI is InChI=1S/C17H22ClNS/c1-5-9-19-16(17-12(3)10-13(4)20-17)14-8-6-7-11(2)15(14)18/h6-8,10,16,19H,5,9H2,1-4H3. The van der Waals surface area contributed by atoms with Crippen molar-refractivity contribution >= 4 is 22.9 Å². The Labute approximate surface area is 131 Å². The number of hydrogen-bond acceptors (Lipinski definition) is 2. The second-order valence-corrected chi connectivity index (χ2v) is 6.94. The van der Waals surface area contributed by atoms with Crippen LogP contribution in [0.5, 0.6) is 0 Å². The molecule has 0 aliphatic heterocycles. The van der Waals surface area contributed by atoms with E-state index in [4.69, 9.17) is 11.6 Å². The number of hydrogen-bond donors (Lipinski definition) is 1. The molecule has 2 aromatic rings. The van der Waals surface area contributed by atoms with Crippen LogP contribution in [0, 0.1) is 20.8 Å². The van der Waals surface area contributed by atoms with E-state index in [2.05, 4.69) is 57.3 Å². The van der Waals surface area contributed by atoms with Crippen molar-refractivity contribution in [2.24, 2.45) is 0 Å². The molecule has 0 aliphatic rings. The number of benzene rings is 1. The second kappa shape index (κ2) is 6.75. The lowest BCUT2D eigenvalue weighted by Gasteiger charge is -2.21. The topological polar surface area (TPSA) is 12.0 Å². The Morgan fingerprint density at radius 1 is 1.20 bits per heavy atom. The first-order valence-corrected chi connectivity index (χ1v) is 8.29. The Balaban J connectivity index is 2.47. The lowest BCUT2D eigenvalue weighted by atomic mass is 10.0. The van der Waals surface area contributed by atoms with Crippen molar-refractivity contribution in [2.75, 3.05) is 6.54 Å². The van der Waals surface area contributed by atoms with Gasteiger partial charge in [-0.05, 0) is 56.5 Å². The molecule has 0 bridgehead atoms. The van der Waals surface area contributed by atoms with Crippen molar-refractivity contribution in [3.8, 4) is 0 Å². The maximum Gasteiger partial charge on any atom is 0.0688 e. The van der Waals surface area contributed by atoms with Gasteiger partial charge in [-0.3, -0.25) is 0 Å². The fourth-order valence-corrected chi connectivity index (χ4v) is 3.84. The summed E-state index contributed by atoms with van der Waals surface area (Å²) in [6, 6.07) is 8.74. The Hall–Kier alpha value is -0.830. The molecule has 20 heavy (non-hydrogen) atoms. The molecule has 1 aromatic heterocycles. The Kier molecular flexibility index (Phi) is 5.25. The molecule has 0 saturated carbocycles. The normalized spacial score (nSPS) is 12.7. The molecule has 1 unspecified atom stereocenters. The van der Waals surface area contributed by atoms with Crippen LogP contribution in [0.25, 0.3) is 0 Å². The number of nitrogens with one attached hydrogen (secondary N) is 1. The van der Waals surface area contributed by atoms with Crippen LogP contribution in [-0.2, 0) is 0 Å². The van der Waals surface area contributed by atoms with Crippen molar-refractivity contribution in [3.63, 3.8) is 0 Å². The number of halogens is 1. The summed E-state index contributed by atoms with van der Waals surface area (Å²) in [7, 11) is 0. The van der Waals surface area contributed by atoms with E-state index >= 15 is 0 Å². The highest BCUT2D eigenvalue weighted by Gasteiger charge is 2.20. The molecular formula is C17H22ClNS. The fourth-order valence-electron chi connectivity index (χ4n) is 2.47. The van der Waals surface area contributed by atoms with Gasteiger partial charge in [-0.25, -0.2) is 0 Å². The predicted octanol–water partition coefficient (Wildman–Crippen LogP) is 5.42. The van der Waals surface area contributed by atoms with Gasteiger partial charge in [-0.15, -0.1) is 11.3 Å². The summed E-state index contributed by atoms with van der Waals surface area (Å²) in [5.41, 5.74) is 3.67. The average molecular weight is 308 g/mol. The van der Waals surface area contributed by atoms with Crippen LogP contribution in [0.3, 0.4) is 0 Å². The lowest BCUT2D eigenvalue weighted by Crippen LogP contribution is -2.23. The number of rotatable bonds is 5. The minimum Gasteiger partial charge on any atom is -0.306 e. The summed E-state index contributed by atoms with van der Waals surface area (Å²) in [5.74, 6) is 0. The van der Waals surface area contributed by atoms with E-state index in [-0.39, 0.29) is 6.04 Å². The quantitative estimate of drug-likeness (QED) is 0.778. The summed E-state index contributed by atoms with van der Waals surface area (Å²) >= 11 is 8.40. The summed E-state index contributed by atoms with van der Waals surface area (Å²) < 4.78 is 0. The smallest absolute Gasteiger partial charge is 0.0688 e. The molecule has 0 saturated heterocycles. The van der Waals surface area contributed by atoms with E-state index in [0.717, 1.165) is 23.6 Å². The van der Waals surface area contributed by atoms with Crippen LogP contribution < -0.4 is 5.32 Å². The molecular weight excluding hydrogens is 286 g/mol. The minimum absolute atomic E-state index is 0.195. The van der Waals surface area contributed by atoms with Crippen LogP contribution in [0.15, 0.2) is 24.3 Å². The first-order valence-electron chi connectivity index (χ1n) is 7.10. The number of aryl methyl sites for hydroxylation is 3. The Bertz CT molecular complexity index is 589. The van der Waals surface area contributed by atoms with Gasteiger partial charge in [0.25, 0.3) is 0 Å². The van der Waals surface area contributed by atoms with E-state index in [0.29, 0.717) is 0 Å². The average Bonchev–Trinajstić information content (AvgIpc) is 2.74. The fraction of sp³-hybridized carbons (Fsp3) is 0.412. The van der Waals surface area contributed by atoms with Gasteiger partial charge in [0.15, 0.2) is 0 Å². The van der Waals surface area contributed by atoms with Gasteiger partial charge in [0.05, 0.1) is 6.04 Å². The maximum atomic E-state index is 6.54. The Morgan fingerprint density at radius 2 is 1.95 bits per heavy atom. The van der Waals surface area contributed by atoms with Gasteiger partial charge in [0.1, 0.15) is 0 Å². The van der Waals surface area contributed by atoms with Crippen molar-refractivity contribution in [1.82, 2.24) is 5.32 Å². The third kappa shape index (κ3) is 3.25. The van der Waals surface area contributed by atoms with Gasteiger partial charge in [0, 0.05) is 14.8 Å². The van der Waals surface area contributed by atoms with Crippen LogP contribution in [-0.4, -0.2) is 6.54 Å². The van der Waals surface area contributed by atoms with Gasteiger partial charge < -0.3 is 5.32 Å². The van der Waals surface area contributed by atoms with E-state index < -0.39 is 0 Å². The molecule has 1 aromatic carbocycles. The van der Waals surface area contributed by atoms with Crippen LogP contribution in [0.1, 0.15) is 45.8 Å². The van der Waals surface area contributed by atoms with Gasteiger partial charge in [-0.2, -0.15) is 0 Å². The van der Waals surface area contributed by atoms with Crippen LogP contribution >= 0.6 is 22.9 Å². The summed E-state index contributed by atoms with van der Waals surface area (Å²) in [6.45, 7) is 9.59. The highest BCUT2D eigenvalue weighted by atomic mass is 35.5. The summed E-state index contributed by atoms with van der Waals surface area (Å²) in [4.78, 5) is 2.73. The number of thiophene rings is 1. The molecule has 2 rings (SSSR count). The van der Waals surface area contributed by atoms with E-state index in [9.17, 15) is 0 Å². The monoisotopic (exact) mass is 307 g/mol. The molecule has 0 aliphatic carbocycles. The second-order valence-electron chi connectivity index (χ2n) is 5.27. The zero-order chi connectivity index (χ0) is 14.7. The lowest BCUT2D eigenvalue weighted by molar-refractivity contribution is 0.604. The molecule has 1 heterocycles. The van der Waals surface area contributed by atoms with Crippen LogP contribution in [0.4, 0.5) is 0 Å². The van der Waals surface area contributed by atoms with Gasteiger partial charge >= 0.3 is 0 Å². The molecule has 1 N–H and O–H groups in total. The molecule has 1 nitrogen and oxygen atoms in total. The summed E-state index contributed by atoms with van der Waals surface area (Å²) in [6.07, 6.45) is 1.11. The molecule has 0 fully saturated rings. The molecule has 1 atom stereocenters. The van der Waals surface area contributed by atoms with Gasteiger partial charge in [-0.1, -0.05) is 36.7 Å². The molecule has 0 amide bonds. The van der Waals surface area contributed by atoms with E-state index in [1.807, 2.05) is 11.3 Å². The third-order valence-electron chi connectivity index (χ3n) is 3.47. The minimum atomic E-state index is 0.195.